The number of rotatable bonds is 5. The zero-order chi connectivity index (χ0) is 14.0. The molecule has 0 bridgehead atoms. The molecule has 0 aromatic rings. The zero-order valence-corrected chi connectivity index (χ0v) is 11.9. The van der Waals surface area contributed by atoms with E-state index in [0.29, 0.717) is 12.8 Å². The molecule has 106 valence electrons. The van der Waals surface area contributed by atoms with Crippen molar-refractivity contribution in [2.24, 2.45) is 16.9 Å². The summed E-state index contributed by atoms with van der Waals surface area (Å²) in [4.78, 5) is 25.9. The van der Waals surface area contributed by atoms with Crippen molar-refractivity contribution in [3.05, 3.63) is 0 Å². The molecule has 4 N–H and O–H groups in total. The van der Waals surface area contributed by atoms with Gasteiger partial charge < -0.3 is 16.4 Å². The fourth-order valence-electron chi connectivity index (χ4n) is 3.12. The monoisotopic (exact) mass is 283 g/mol. The second-order valence-corrected chi connectivity index (χ2v) is 6.08. The van der Waals surface area contributed by atoms with Gasteiger partial charge in [-0.15, -0.1) is 0 Å². The summed E-state index contributed by atoms with van der Waals surface area (Å²) in [6.45, 7) is -0.0200. The minimum atomic E-state index is -0.715. The van der Waals surface area contributed by atoms with Gasteiger partial charge in [-0.25, -0.2) is 0 Å². The first-order valence-electron chi connectivity index (χ1n) is 6.86. The van der Waals surface area contributed by atoms with Crippen LogP contribution in [0.15, 0.2) is 0 Å². The van der Waals surface area contributed by atoms with E-state index in [1.54, 1.807) is 4.90 Å². The Bertz CT molecular complexity index is 401. The fraction of sp³-hybridized carbons (Fsp3) is 0.769. The maximum atomic E-state index is 12.8. The molecular formula is C13H21N3O2S. The highest BCUT2D eigenvalue weighted by atomic mass is 32.1. The maximum absolute atomic E-state index is 12.8. The number of primary amides is 1. The lowest BCUT2D eigenvalue weighted by molar-refractivity contribution is -0.146. The van der Waals surface area contributed by atoms with Gasteiger partial charge in [-0.05, 0) is 25.7 Å². The third-order valence-electron chi connectivity index (χ3n) is 4.44. The standard InChI is InChI=1S/C13H21N3O2S/c14-10(17)8-16(9-4-1-2-5-9)12(18)13(11(15)19)6-3-7-13/h9H,1-8H2,(H2,14,17)(H2,15,19). The van der Waals surface area contributed by atoms with Gasteiger partial charge in [0, 0.05) is 6.04 Å². The minimum Gasteiger partial charge on any atom is -0.392 e. The largest absolute Gasteiger partial charge is 0.392 e. The Morgan fingerprint density at radius 1 is 1.16 bits per heavy atom. The summed E-state index contributed by atoms with van der Waals surface area (Å²) in [5.74, 6) is -0.561. The molecule has 19 heavy (non-hydrogen) atoms. The Hall–Kier alpha value is -1.17. The van der Waals surface area contributed by atoms with Crippen LogP contribution in [0.4, 0.5) is 0 Å². The van der Waals surface area contributed by atoms with E-state index in [1.807, 2.05) is 0 Å². The molecule has 0 aromatic heterocycles. The molecule has 0 aliphatic heterocycles. The molecule has 0 radical (unpaired) electrons. The van der Waals surface area contributed by atoms with E-state index >= 15 is 0 Å². The molecule has 6 heteroatoms. The van der Waals surface area contributed by atoms with Gasteiger partial charge in [0.05, 0.1) is 16.9 Å². The number of thiocarbonyl (C=S) groups is 1. The van der Waals surface area contributed by atoms with E-state index in [1.165, 1.54) is 0 Å². The van der Waals surface area contributed by atoms with Crippen LogP contribution < -0.4 is 11.5 Å². The average molecular weight is 283 g/mol. The predicted octanol–water partition coefficient (Wildman–Crippen LogP) is 0.699. The van der Waals surface area contributed by atoms with Gasteiger partial charge >= 0.3 is 0 Å². The van der Waals surface area contributed by atoms with Gasteiger partial charge in [-0.2, -0.15) is 0 Å². The molecule has 2 saturated carbocycles. The topological polar surface area (TPSA) is 89.4 Å². The normalized spacial score (nSPS) is 21.7. The summed E-state index contributed by atoms with van der Waals surface area (Å²) < 4.78 is 0. The smallest absolute Gasteiger partial charge is 0.237 e. The summed E-state index contributed by atoms with van der Waals surface area (Å²) in [5, 5.41) is 0. The Balaban J connectivity index is 2.19. The number of carbonyl (C=O) groups is 2. The molecule has 2 aliphatic carbocycles. The Morgan fingerprint density at radius 3 is 2.11 bits per heavy atom. The van der Waals surface area contributed by atoms with Gasteiger partial charge in [0.2, 0.25) is 11.8 Å². The first-order chi connectivity index (χ1) is 8.97. The van der Waals surface area contributed by atoms with Crippen LogP contribution in [0.25, 0.3) is 0 Å². The molecule has 2 fully saturated rings. The van der Waals surface area contributed by atoms with Gasteiger partial charge in [-0.3, -0.25) is 9.59 Å². The summed E-state index contributed by atoms with van der Waals surface area (Å²) in [5.41, 5.74) is 10.3. The van der Waals surface area contributed by atoms with E-state index in [0.717, 1.165) is 32.1 Å². The molecule has 2 amide bonds. The van der Waals surface area contributed by atoms with Gasteiger partial charge in [0.25, 0.3) is 0 Å². The Morgan fingerprint density at radius 2 is 1.74 bits per heavy atom. The van der Waals surface area contributed by atoms with E-state index < -0.39 is 11.3 Å². The lowest BCUT2D eigenvalue weighted by Gasteiger charge is -2.44. The van der Waals surface area contributed by atoms with Crippen LogP contribution in [-0.2, 0) is 9.59 Å². The molecule has 2 rings (SSSR count). The van der Waals surface area contributed by atoms with Crippen LogP contribution in [0.1, 0.15) is 44.9 Å². The lowest BCUT2D eigenvalue weighted by atomic mass is 9.67. The number of hydrogen-bond acceptors (Lipinski definition) is 3. The molecule has 0 aromatic carbocycles. The van der Waals surface area contributed by atoms with Crippen molar-refractivity contribution in [3.63, 3.8) is 0 Å². The molecular weight excluding hydrogens is 262 g/mol. The van der Waals surface area contributed by atoms with Crippen molar-refractivity contribution in [3.8, 4) is 0 Å². The summed E-state index contributed by atoms with van der Waals surface area (Å²) in [7, 11) is 0. The first-order valence-corrected chi connectivity index (χ1v) is 7.27. The number of nitrogens with two attached hydrogens (primary N) is 2. The summed E-state index contributed by atoms with van der Waals surface area (Å²) in [6.07, 6.45) is 6.41. The highest BCUT2D eigenvalue weighted by Gasteiger charge is 2.50. The lowest BCUT2D eigenvalue weighted by Crippen LogP contribution is -2.57. The molecule has 5 nitrogen and oxygen atoms in total. The first kappa shape index (κ1) is 14.2. The number of amides is 2. The fourth-order valence-corrected chi connectivity index (χ4v) is 3.41. The summed E-state index contributed by atoms with van der Waals surface area (Å²) in [6, 6.07) is 0.117. The quantitative estimate of drug-likeness (QED) is 0.727. The van der Waals surface area contributed by atoms with Crippen molar-refractivity contribution >= 4 is 29.0 Å². The van der Waals surface area contributed by atoms with Crippen molar-refractivity contribution in [1.82, 2.24) is 4.90 Å². The van der Waals surface area contributed by atoms with E-state index in [4.69, 9.17) is 23.7 Å². The minimum absolute atomic E-state index is 0.0200. The van der Waals surface area contributed by atoms with Gasteiger partial charge in [0.15, 0.2) is 0 Å². The van der Waals surface area contributed by atoms with E-state index in [2.05, 4.69) is 0 Å². The van der Waals surface area contributed by atoms with Crippen molar-refractivity contribution in [2.45, 2.75) is 51.0 Å². The summed E-state index contributed by atoms with van der Waals surface area (Å²) >= 11 is 5.08. The third kappa shape index (κ3) is 2.59. The zero-order valence-electron chi connectivity index (χ0n) is 11.1. The molecule has 0 heterocycles. The number of carbonyl (C=O) groups excluding carboxylic acids is 2. The van der Waals surface area contributed by atoms with Crippen LogP contribution in [-0.4, -0.2) is 34.3 Å². The van der Waals surface area contributed by atoms with Gasteiger partial charge in [0.1, 0.15) is 0 Å². The van der Waals surface area contributed by atoms with Gasteiger partial charge in [-0.1, -0.05) is 31.5 Å². The van der Waals surface area contributed by atoms with Crippen molar-refractivity contribution in [2.75, 3.05) is 6.54 Å². The van der Waals surface area contributed by atoms with Crippen LogP contribution in [0, 0.1) is 5.41 Å². The average Bonchev–Trinajstić information content (AvgIpc) is 2.76. The maximum Gasteiger partial charge on any atom is 0.237 e. The molecule has 0 atom stereocenters. The third-order valence-corrected chi connectivity index (χ3v) is 4.83. The highest BCUT2D eigenvalue weighted by Crippen LogP contribution is 2.44. The van der Waals surface area contributed by atoms with Crippen LogP contribution in [0.2, 0.25) is 0 Å². The Kier molecular flexibility index (Phi) is 4.08. The molecule has 0 saturated heterocycles. The van der Waals surface area contributed by atoms with Crippen molar-refractivity contribution < 1.29 is 9.59 Å². The second kappa shape index (κ2) is 5.45. The highest BCUT2D eigenvalue weighted by molar-refractivity contribution is 7.80. The van der Waals surface area contributed by atoms with Crippen LogP contribution in [0.5, 0.6) is 0 Å². The van der Waals surface area contributed by atoms with Crippen LogP contribution >= 0.6 is 12.2 Å². The SMILES string of the molecule is NC(=O)CN(C(=O)C1(C(N)=S)CCC1)C1CCCC1. The number of hydrogen-bond donors (Lipinski definition) is 2. The number of nitrogens with zero attached hydrogens (tertiary/aromatic N) is 1. The molecule has 2 aliphatic rings. The predicted molar refractivity (Wildman–Crippen MR) is 76.2 cm³/mol. The van der Waals surface area contributed by atoms with Crippen LogP contribution in [0.3, 0.4) is 0 Å². The molecule has 0 spiro atoms. The van der Waals surface area contributed by atoms with E-state index in [9.17, 15) is 9.59 Å². The van der Waals surface area contributed by atoms with Crippen molar-refractivity contribution in [1.29, 1.82) is 0 Å². The van der Waals surface area contributed by atoms with E-state index in [-0.39, 0.29) is 23.5 Å². The molecule has 0 unspecified atom stereocenters. The Labute approximate surface area is 118 Å². The second-order valence-electron chi connectivity index (χ2n) is 5.64.